The summed E-state index contributed by atoms with van der Waals surface area (Å²) in [4.78, 5) is 0. The zero-order valence-electron chi connectivity index (χ0n) is 9.48. The molecule has 0 amide bonds. The van der Waals surface area contributed by atoms with Crippen molar-refractivity contribution in [1.29, 1.82) is 0 Å². The van der Waals surface area contributed by atoms with E-state index in [1.165, 1.54) is 25.7 Å². The molecule has 0 aliphatic heterocycles. The van der Waals surface area contributed by atoms with Gasteiger partial charge in [0.25, 0.3) is 0 Å². The van der Waals surface area contributed by atoms with Crippen LogP contribution in [0.3, 0.4) is 0 Å². The molecule has 1 unspecified atom stereocenters. The van der Waals surface area contributed by atoms with Crippen molar-refractivity contribution < 1.29 is 0 Å². The number of hydrogen-bond acceptors (Lipinski definition) is 1. The van der Waals surface area contributed by atoms with Crippen molar-refractivity contribution in [2.75, 3.05) is 0 Å². The van der Waals surface area contributed by atoms with E-state index in [-0.39, 0.29) is 0 Å². The number of hydrogen-bond donors (Lipinski definition) is 1. The van der Waals surface area contributed by atoms with Crippen LogP contribution in [0, 0.1) is 16.2 Å². The average molecular weight is 181 g/mol. The Morgan fingerprint density at radius 2 is 1.31 bits per heavy atom. The van der Waals surface area contributed by atoms with Gasteiger partial charge in [0, 0.05) is 6.04 Å². The first kappa shape index (κ1) is 9.51. The first-order valence-electron chi connectivity index (χ1n) is 5.51. The predicted molar refractivity (Wildman–Crippen MR) is 56.4 cm³/mol. The van der Waals surface area contributed by atoms with Gasteiger partial charge in [0.05, 0.1) is 0 Å². The smallest absolute Gasteiger partial charge is 0.0102 e. The minimum atomic E-state index is 0.506. The molecule has 76 valence electrons. The predicted octanol–water partition coefficient (Wildman–Crippen LogP) is 2.94. The second kappa shape index (κ2) is 2.31. The molecule has 1 atom stereocenters. The summed E-state index contributed by atoms with van der Waals surface area (Å²) in [5.74, 6) is 0. The molecule has 2 rings (SSSR count). The molecule has 0 saturated heterocycles. The van der Waals surface area contributed by atoms with E-state index >= 15 is 0 Å². The fourth-order valence-electron chi connectivity index (χ4n) is 4.17. The fourth-order valence-corrected chi connectivity index (χ4v) is 4.17. The Balaban J connectivity index is 2.19. The van der Waals surface area contributed by atoms with Gasteiger partial charge in [-0.2, -0.15) is 0 Å². The van der Waals surface area contributed by atoms with Crippen LogP contribution in [0.15, 0.2) is 0 Å². The summed E-state index contributed by atoms with van der Waals surface area (Å²) in [6, 6.07) is 0.506. The van der Waals surface area contributed by atoms with E-state index in [4.69, 9.17) is 5.73 Å². The Kier molecular flexibility index (Phi) is 1.69. The fraction of sp³-hybridized carbons (Fsp3) is 1.00. The van der Waals surface area contributed by atoms with Crippen LogP contribution in [0.2, 0.25) is 0 Å². The minimum absolute atomic E-state index is 0.506. The van der Waals surface area contributed by atoms with E-state index in [9.17, 15) is 0 Å². The van der Waals surface area contributed by atoms with Crippen LogP contribution in [-0.2, 0) is 0 Å². The van der Waals surface area contributed by atoms with Crippen LogP contribution in [0.5, 0.6) is 0 Å². The molecule has 1 spiro atoms. The normalized spacial score (nSPS) is 39.0. The van der Waals surface area contributed by atoms with Crippen LogP contribution >= 0.6 is 0 Å². The molecule has 2 N–H and O–H groups in total. The van der Waals surface area contributed by atoms with Crippen LogP contribution < -0.4 is 5.73 Å². The monoisotopic (exact) mass is 181 g/mol. The van der Waals surface area contributed by atoms with Gasteiger partial charge in [-0.25, -0.2) is 0 Å². The Labute approximate surface area is 82.1 Å². The van der Waals surface area contributed by atoms with Crippen molar-refractivity contribution in [1.82, 2.24) is 0 Å². The summed E-state index contributed by atoms with van der Waals surface area (Å²) in [5.41, 5.74) is 7.63. The van der Waals surface area contributed by atoms with Crippen molar-refractivity contribution in [3.8, 4) is 0 Å². The molecule has 0 heterocycles. The quantitative estimate of drug-likeness (QED) is 0.611. The molecule has 2 fully saturated rings. The van der Waals surface area contributed by atoms with E-state index < -0.39 is 0 Å². The van der Waals surface area contributed by atoms with Gasteiger partial charge in [0.2, 0.25) is 0 Å². The van der Waals surface area contributed by atoms with E-state index in [0.717, 1.165) is 0 Å². The second-order valence-corrected chi connectivity index (χ2v) is 7.03. The summed E-state index contributed by atoms with van der Waals surface area (Å²) < 4.78 is 0. The van der Waals surface area contributed by atoms with Gasteiger partial charge >= 0.3 is 0 Å². The molecule has 2 aliphatic rings. The van der Waals surface area contributed by atoms with Crippen LogP contribution in [-0.4, -0.2) is 6.04 Å². The van der Waals surface area contributed by atoms with Crippen molar-refractivity contribution >= 4 is 0 Å². The maximum Gasteiger partial charge on any atom is 0.0102 e. The van der Waals surface area contributed by atoms with Crippen LogP contribution in [0.1, 0.15) is 53.4 Å². The lowest BCUT2D eigenvalue weighted by molar-refractivity contribution is 0.0522. The van der Waals surface area contributed by atoms with Crippen molar-refractivity contribution in [2.45, 2.75) is 59.4 Å². The lowest BCUT2D eigenvalue weighted by Gasteiger charge is -2.46. The second-order valence-electron chi connectivity index (χ2n) is 7.03. The van der Waals surface area contributed by atoms with Gasteiger partial charge in [0.1, 0.15) is 0 Å². The SMILES string of the molecule is CC1(C)CC(C)(C)CC2(CC2N)C1. The Bertz CT molecular complexity index is 211. The van der Waals surface area contributed by atoms with Crippen LogP contribution in [0.25, 0.3) is 0 Å². The summed E-state index contributed by atoms with van der Waals surface area (Å²) in [5, 5.41) is 0. The molecular formula is C12H23N. The van der Waals surface area contributed by atoms with Gasteiger partial charge in [0.15, 0.2) is 0 Å². The molecule has 13 heavy (non-hydrogen) atoms. The first-order valence-corrected chi connectivity index (χ1v) is 5.51. The maximum absolute atomic E-state index is 6.07. The van der Waals surface area contributed by atoms with Gasteiger partial charge in [-0.1, -0.05) is 27.7 Å². The Morgan fingerprint density at radius 3 is 1.62 bits per heavy atom. The zero-order chi connectivity index (χ0) is 9.91. The first-order chi connectivity index (χ1) is 5.75. The van der Waals surface area contributed by atoms with Crippen molar-refractivity contribution in [2.24, 2.45) is 22.0 Å². The standard InChI is InChI=1S/C12H23N/c1-10(2)6-11(3,4)8-12(7-10)5-9(12)13/h9H,5-8,13H2,1-4H3. The molecule has 1 heteroatoms. The van der Waals surface area contributed by atoms with Crippen molar-refractivity contribution in [3.05, 3.63) is 0 Å². The third kappa shape index (κ3) is 1.63. The zero-order valence-corrected chi connectivity index (χ0v) is 9.48. The maximum atomic E-state index is 6.07. The Morgan fingerprint density at radius 1 is 0.923 bits per heavy atom. The average Bonchev–Trinajstić information content (AvgIpc) is 2.29. The van der Waals surface area contributed by atoms with Gasteiger partial charge < -0.3 is 5.73 Å². The highest BCUT2D eigenvalue weighted by Gasteiger charge is 2.59. The summed E-state index contributed by atoms with van der Waals surface area (Å²) in [6.45, 7) is 9.61. The Hall–Kier alpha value is -0.0400. The van der Waals surface area contributed by atoms with E-state index in [1.807, 2.05) is 0 Å². The van der Waals surface area contributed by atoms with Gasteiger partial charge in [-0.3, -0.25) is 0 Å². The van der Waals surface area contributed by atoms with Gasteiger partial charge in [-0.15, -0.1) is 0 Å². The highest BCUT2D eigenvalue weighted by atomic mass is 14.8. The molecule has 2 saturated carbocycles. The van der Waals surface area contributed by atoms with E-state index in [0.29, 0.717) is 22.3 Å². The number of nitrogens with two attached hydrogens (primary N) is 1. The molecule has 1 nitrogen and oxygen atoms in total. The van der Waals surface area contributed by atoms with Gasteiger partial charge in [-0.05, 0) is 41.9 Å². The number of rotatable bonds is 0. The minimum Gasteiger partial charge on any atom is -0.327 e. The van der Waals surface area contributed by atoms with E-state index in [1.54, 1.807) is 0 Å². The summed E-state index contributed by atoms with van der Waals surface area (Å²) >= 11 is 0. The lowest BCUT2D eigenvalue weighted by Crippen LogP contribution is -2.37. The summed E-state index contributed by atoms with van der Waals surface area (Å²) in [7, 11) is 0. The highest BCUT2D eigenvalue weighted by molar-refractivity contribution is 5.12. The molecule has 0 radical (unpaired) electrons. The molecule has 0 bridgehead atoms. The topological polar surface area (TPSA) is 26.0 Å². The lowest BCUT2D eigenvalue weighted by atomic mass is 9.60. The largest absolute Gasteiger partial charge is 0.327 e. The van der Waals surface area contributed by atoms with Crippen LogP contribution in [0.4, 0.5) is 0 Å². The molecule has 0 aromatic heterocycles. The summed E-state index contributed by atoms with van der Waals surface area (Å²) in [6.07, 6.45) is 5.34. The molecular weight excluding hydrogens is 158 g/mol. The third-order valence-electron chi connectivity index (χ3n) is 3.87. The third-order valence-corrected chi connectivity index (χ3v) is 3.87. The van der Waals surface area contributed by atoms with E-state index in [2.05, 4.69) is 27.7 Å². The molecule has 0 aromatic carbocycles. The highest BCUT2D eigenvalue weighted by Crippen LogP contribution is 2.64. The molecule has 2 aliphatic carbocycles. The van der Waals surface area contributed by atoms with Crippen molar-refractivity contribution in [3.63, 3.8) is 0 Å². The molecule has 0 aromatic rings.